The van der Waals surface area contributed by atoms with Crippen molar-refractivity contribution in [3.8, 4) is 5.88 Å². The van der Waals surface area contributed by atoms with Gasteiger partial charge in [-0.3, -0.25) is 0 Å². The summed E-state index contributed by atoms with van der Waals surface area (Å²) in [4.78, 5) is 8.62. The van der Waals surface area contributed by atoms with E-state index < -0.39 is 0 Å². The average Bonchev–Trinajstić information content (AvgIpc) is 2.67. The van der Waals surface area contributed by atoms with Crippen molar-refractivity contribution in [2.45, 2.75) is 26.2 Å². The molecule has 0 unspecified atom stereocenters. The topological polar surface area (TPSA) is 48.6 Å². The average molecular weight is 204 g/mol. The van der Waals surface area contributed by atoms with Crippen LogP contribution in [-0.2, 0) is 0 Å². The van der Waals surface area contributed by atoms with Crippen molar-refractivity contribution in [2.24, 2.45) is 4.99 Å². The van der Waals surface area contributed by atoms with Crippen LogP contribution >= 0.6 is 0 Å². The van der Waals surface area contributed by atoms with Gasteiger partial charge < -0.3 is 4.74 Å². The highest BCUT2D eigenvalue weighted by Crippen LogP contribution is 2.31. The number of amidine groups is 1. The third-order valence-corrected chi connectivity index (χ3v) is 2.28. The van der Waals surface area contributed by atoms with Crippen molar-refractivity contribution in [1.29, 1.82) is 0 Å². The summed E-state index contributed by atoms with van der Waals surface area (Å²) in [5.41, 5.74) is 0.849. The fourth-order valence-electron chi connectivity index (χ4n) is 1.44. The van der Waals surface area contributed by atoms with Crippen LogP contribution in [0.25, 0.3) is 0 Å². The Hall–Kier alpha value is -1.58. The Morgan fingerprint density at radius 1 is 1.33 bits per heavy atom. The van der Waals surface area contributed by atoms with Gasteiger partial charge in [-0.25, -0.2) is 10.3 Å². The lowest BCUT2D eigenvalue weighted by Gasteiger charge is -2.00. The third-order valence-electron chi connectivity index (χ3n) is 2.28. The maximum absolute atomic E-state index is 5.03. The first kappa shape index (κ1) is 9.96. The van der Waals surface area contributed by atoms with Gasteiger partial charge >= 0.3 is 0 Å². The van der Waals surface area contributed by atoms with E-state index >= 15 is 0 Å². The van der Waals surface area contributed by atoms with E-state index in [0.29, 0.717) is 11.7 Å². The normalized spacial score (nSPS) is 13.1. The second-order valence-electron chi connectivity index (χ2n) is 3.44. The second-order valence-corrected chi connectivity index (χ2v) is 3.44. The van der Waals surface area contributed by atoms with Crippen LogP contribution in [0.15, 0.2) is 17.1 Å². The fourth-order valence-corrected chi connectivity index (χ4v) is 1.44. The Labute approximate surface area is 89.4 Å². The quantitative estimate of drug-likeness (QED) is 0.756. The van der Waals surface area contributed by atoms with Gasteiger partial charge in [-0.1, -0.05) is 13.3 Å². The van der Waals surface area contributed by atoms with Crippen LogP contribution in [0.2, 0.25) is 0 Å². The summed E-state index contributed by atoms with van der Waals surface area (Å²) in [5.74, 6) is 2.15. The molecule has 0 saturated carbocycles. The number of pyridine rings is 1. The molecule has 0 bridgehead atoms. The van der Waals surface area contributed by atoms with Crippen LogP contribution in [0, 0.1) is 0 Å². The van der Waals surface area contributed by atoms with Crippen LogP contribution in [0.5, 0.6) is 5.88 Å². The van der Waals surface area contributed by atoms with Crippen molar-refractivity contribution in [1.82, 2.24) is 10.3 Å². The zero-order chi connectivity index (χ0) is 10.7. The van der Waals surface area contributed by atoms with E-state index in [0.717, 1.165) is 30.8 Å². The van der Waals surface area contributed by atoms with E-state index in [-0.39, 0.29) is 0 Å². The Kier molecular flexibility index (Phi) is 2.85. The lowest BCUT2D eigenvalue weighted by Crippen LogP contribution is -2.06. The Morgan fingerprint density at radius 2 is 2.20 bits per heavy atom. The zero-order valence-corrected chi connectivity index (χ0v) is 9.03. The van der Waals surface area contributed by atoms with Crippen LogP contribution in [0.3, 0.4) is 0 Å². The van der Waals surface area contributed by atoms with Gasteiger partial charge in [0.2, 0.25) is 5.88 Å². The maximum Gasteiger partial charge on any atom is 0.215 e. The molecule has 0 N–H and O–H groups in total. The number of hydrogen-bond donors (Lipinski definition) is 0. The molecule has 2 rings (SSSR count). The van der Waals surface area contributed by atoms with Gasteiger partial charge in [0.25, 0.3) is 0 Å². The molecule has 0 aromatic carbocycles. The monoisotopic (exact) mass is 204 g/mol. The molecule has 0 fully saturated rings. The molecule has 1 aromatic rings. The van der Waals surface area contributed by atoms with Gasteiger partial charge in [0.05, 0.1) is 7.11 Å². The van der Waals surface area contributed by atoms with E-state index in [4.69, 9.17) is 4.74 Å². The lowest BCUT2D eigenvalue weighted by atomic mass is 10.2. The summed E-state index contributed by atoms with van der Waals surface area (Å²) >= 11 is 0. The molecule has 0 atom stereocenters. The molecule has 0 amide bonds. The molecular weight excluding hydrogens is 190 g/mol. The molecule has 1 radical (unpaired) electrons. The predicted molar refractivity (Wildman–Crippen MR) is 59.2 cm³/mol. The van der Waals surface area contributed by atoms with Crippen LogP contribution < -0.4 is 10.1 Å². The molecule has 4 heteroatoms. The van der Waals surface area contributed by atoms with Gasteiger partial charge in [0.1, 0.15) is 11.5 Å². The molecule has 0 spiro atoms. The molecule has 1 aliphatic rings. The van der Waals surface area contributed by atoms with E-state index in [1.165, 1.54) is 0 Å². The van der Waals surface area contributed by atoms with E-state index in [1.807, 2.05) is 6.07 Å². The highest BCUT2D eigenvalue weighted by Gasteiger charge is 2.17. The van der Waals surface area contributed by atoms with Crippen molar-refractivity contribution in [3.63, 3.8) is 0 Å². The summed E-state index contributed by atoms with van der Waals surface area (Å²) in [6.45, 7) is 2.16. The number of unbranched alkanes of at least 4 members (excludes halogenated alkanes) is 1. The number of fused-ring (bicyclic) bond motifs is 1. The van der Waals surface area contributed by atoms with E-state index in [9.17, 15) is 0 Å². The summed E-state index contributed by atoms with van der Waals surface area (Å²) in [6, 6.07) is 3.70. The van der Waals surface area contributed by atoms with Gasteiger partial charge in [-0.15, -0.1) is 0 Å². The Morgan fingerprint density at radius 3 is 2.93 bits per heavy atom. The van der Waals surface area contributed by atoms with Gasteiger partial charge in [-0.05, 0) is 12.5 Å². The van der Waals surface area contributed by atoms with Crippen molar-refractivity contribution in [3.05, 3.63) is 12.1 Å². The molecule has 0 saturated heterocycles. The number of methoxy groups -OCH3 is 1. The summed E-state index contributed by atoms with van der Waals surface area (Å²) in [6.07, 6.45) is 3.20. The summed E-state index contributed by atoms with van der Waals surface area (Å²) < 4.78 is 5.03. The van der Waals surface area contributed by atoms with Gasteiger partial charge in [0, 0.05) is 12.5 Å². The van der Waals surface area contributed by atoms with Crippen LogP contribution in [0.4, 0.5) is 11.5 Å². The first-order valence-electron chi connectivity index (χ1n) is 5.18. The minimum Gasteiger partial charge on any atom is -0.481 e. The highest BCUT2D eigenvalue weighted by atomic mass is 16.5. The second kappa shape index (κ2) is 4.29. The summed E-state index contributed by atoms with van der Waals surface area (Å²) in [5, 5.41) is 4.36. The molecule has 15 heavy (non-hydrogen) atoms. The number of rotatable bonds is 4. The fraction of sp³-hybridized carbons (Fsp3) is 0.455. The first-order chi connectivity index (χ1) is 7.33. The summed E-state index contributed by atoms with van der Waals surface area (Å²) in [7, 11) is 1.60. The highest BCUT2D eigenvalue weighted by molar-refractivity contribution is 5.94. The molecule has 4 nitrogen and oxygen atoms in total. The number of nitrogens with zero attached hydrogens (tertiary/aromatic N) is 3. The smallest absolute Gasteiger partial charge is 0.215 e. The maximum atomic E-state index is 5.03. The van der Waals surface area contributed by atoms with Crippen molar-refractivity contribution >= 4 is 17.3 Å². The van der Waals surface area contributed by atoms with E-state index in [2.05, 4.69) is 22.2 Å². The lowest BCUT2D eigenvalue weighted by molar-refractivity contribution is 0.398. The van der Waals surface area contributed by atoms with Crippen molar-refractivity contribution < 1.29 is 4.74 Å². The molecular formula is C11H14N3O. The van der Waals surface area contributed by atoms with Gasteiger partial charge in [0.15, 0.2) is 5.82 Å². The largest absolute Gasteiger partial charge is 0.481 e. The standard InChI is InChI=1S/C11H14N3O/c1-3-4-5-9-12-8-6-7-10(15-2)14-11(8)13-9/h6-7H,3-5H2,1-2H3. The van der Waals surface area contributed by atoms with Crippen LogP contribution in [-0.4, -0.2) is 17.9 Å². The van der Waals surface area contributed by atoms with E-state index in [1.54, 1.807) is 13.2 Å². The molecule has 2 heterocycles. The minimum atomic E-state index is 0.587. The molecule has 79 valence electrons. The number of hydrogen-bond acceptors (Lipinski definition) is 3. The van der Waals surface area contributed by atoms with Gasteiger partial charge in [-0.2, -0.15) is 4.98 Å². The molecule has 1 aromatic heterocycles. The third kappa shape index (κ3) is 2.09. The Bertz CT molecular complexity index is 387. The number of aromatic nitrogens is 1. The van der Waals surface area contributed by atoms with Crippen molar-refractivity contribution in [2.75, 3.05) is 7.11 Å². The number of ether oxygens (including phenoxy) is 1. The predicted octanol–water partition coefficient (Wildman–Crippen LogP) is 2.56. The minimum absolute atomic E-state index is 0.587. The zero-order valence-electron chi connectivity index (χ0n) is 9.03. The SMILES string of the molecule is CCCCC1=Nc2ccc(OC)nc2[N]1. The van der Waals surface area contributed by atoms with Crippen LogP contribution in [0.1, 0.15) is 26.2 Å². The molecule has 0 aliphatic carbocycles. The number of aliphatic imine (C=N–C) groups is 1. The Balaban J connectivity index is 2.10. The first-order valence-corrected chi connectivity index (χ1v) is 5.18. The molecule has 1 aliphatic heterocycles.